The maximum atomic E-state index is 12.2. The number of amides is 1. The molecule has 0 unspecified atom stereocenters. The monoisotopic (exact) mass is 275 g/mol. The minimum atomic E-state index is 0.0835. The van der Waals surface area contributed by atoms with E-state index in [1.54, 1.807) is 0 Å². The molecular formula is C17H25NO2. The number of rotatable bonds is 4. The second kappa shape index (κ2) is 7.32. The van der Waals surface area contributed by atoms with Gasteiger partial charge in [-0.1, -0.05) is 43.9 Å². The van der Waals surface area contributed by atoms with Gasteiger partial charge in [-0.15, -0.1) is 0 Å². The molecule has 1 aliphatic rings. The molecule has 1 aliphatic carbocycles. The minimum absolute atomic E-state index is 0.0835. The van der Waals surface area contributed by atoms with Gasteiger partial charge in [0.15, 0.2) is 6.61 Å². The second-order valence-corrected chi connectivity index (χ2v) is 5.70. The predicted molar refractivity (Wildman–Crippen MR) is 80.9 cm³/mol. The molecule has 2 rings (SSSR count). The molecule has 0 aliphatic heterocycles. The number of ether oxygens (including phenoxy) is 1. The smallest absolute Gasteiger partial charge is 0.260 e. The van der Waals surface area contributed by atoms with Crippen LogP contribution >= 0.6 is 0 Å². The molecule has 1 saturated carbocycles. The van der Waals surface area contributed by atoms with Crippen LogP contribution < -0.4 is 4.74 Å². The van der Waals surface area contributed by atoms with Crippen molar-refractivity contribution in [3.63, 3.8) is 0 Å². The van der Waals surface area contributed by atoms with Crippen LogP contribution in [-0.2, 0) is 4.79 Å². The number of likely N-dealkylation sites (N-methyl/N-ethyl adjacent to an activating group) is 1. The topological polar surface area (TPSA) is 29.5 Å². The summed E-state index contributed by atoms with van der Waals surface area (Å²) >= 11 is 0. The standard InChI is InChI=1S/C17H25NO2/c1-14-9-7-8-12-16(14)20-13-17(19)18(2)15-10-5-3-4-6-11-15/h7-9,12,15H,3-6,10-11,13H2,1-2H3. The van der Waals surface area contributed by atoms with Gasteiger partial charge in [0.1, 0.15) is 5.75 Å². The fourth-order valence-electron chi connectivity index (χ4n) is 2.81. The highest BCUT2D eigenvalue weighted by Gasteiger charge is 2.21. The normalized spacial score (nSPS) is 16.5. The third-order valence-electron chi connectivity index (χ3n) is 4.21. The number of para-hydroxylation sites is 1. The maximum absolute atomic E-state index is 12.2. The van der Waals surface area contributed by atoms with Crippen molar-refractivity contribution in [2.75, 3.05) is 13.7 Å². The van der Waals surface area contributed by atoms with Crippen LogP contribution in [0.25, 0.3) is 0 Å². The molecule has 1 aromatic carbocycles. The Kier molecular flexibility index (Phi) is 5.45. The van der Waals surface area contributed by atoms with Gasteiger partial charge in [-0.25, -0.2) is 0 Å². The molecular weight excluding hydrogens is 250 g/mol. The van der Waals surface area contributed by atoms with E-state index in [-0.39, 0.29) is 12.5 Å². The van der Waals surface area contributed by atoms with E-state index in [4.69, 9.17) is 4.74 Å². The summed E-state index contributed by atoms with van der Waals surface area (Å²) in [6.45, 7) is 2.13. The Morgan fingerprint density at radius 3 is 2.50 bits per heavy atom. The summed E-state index contributed by atoms with van der Waals surface area (Å²) in [5, 5.41) is 0. The Labute approximate surface area is 121 Å². The average molecular weight is 275 g/mol. The van der Waals surface area contributed by atoms with Crippen molar-refractivity contribution < 1.29 is 9.53 Å². The number of hydrogen-bond acceptors (Lipinski definition) is 2. The number of aryl methyl sites for hydroxylation is 1. The maximum Gasteiger partial charge on any atom is 0.260 e. The van der Waals surface area contributed by atoms with Gasteiger partial charge >= 0.3 is 0 Å². The zero-order valence-electron chi connectivity index (χ0n) is 12.6. The largest absolute Gasteiger partial charge is 0.484 e. The van der Waals surface area contributed by atoms with E-state index in [0.717, 1.165) is 24.2 Å². The molecule has 0 atom stereocenters. The molecule has 0 radical (unpaired) electrons. The van der Waals surface area contributed by atoms with Gasteiger partial charge in [0.05, 0.1) is 0 Å². The van der Waals surface area contributed by atoms with E-state index in [1.807, 2.05) is 43.1 Å². The number of hydrogen-bond donors (Lipinski definition) is 0. The number of nitrogens with zero attached hydrogens (tertiary/aromatic N) is 1. The van der Waals surface area contributed by atoms with Crippen LogP contribution in [0.1, 0.15) is 44.1 Å². The van der Waals surface area contributed by atoms with Gasteiger partial charge in [-0.2, -0.15) is 0 Å². The van der Waals surface area contributed by atoms with Gasteiger partial charge in [0.2, 0.25) is 0 Å². The Hall–Kier alpha value is -1.51. The van der Waals surface area contributed by atoms with E-state index in [1.165, 1.54) is 25.7 Å². The van der Waals surface area contributed by atoms with Crippen molar-refractivity contribution in [1.29, 1.82) is 0 Å². The summed E-state index contributed by atoms with van der Waals surface area (Å²) in [6.07, 6.45) is 7.34. The van der Waals surface area contributed by atoms with E-state index in [9.17, 15) is 4.79 Å². The zero-order valence-corrected chi connectivity index (χ0v) is 12.6. The fraction of sp³-hybridized carbons (Fsp3) is 0.588. The van der Waals surface area contributed by atoms with Crippen molar-refractivity contribution in [3.8, 4) is 5.75 Å². The molecule has 0 bridgehead atoms. The van der Waals surface area contributed by atoms with Crippen molar-refractivity contribution >= 4 is 5.91 Å². The summed E-state index contributed by atoms with van der Waals surface area (Å²) in [5.41, 5.74) is 1.07. The minimum Gasteiger partial charge on any atom is -0.484 e. The van der Waals surface area contributed by atoms with Crippen LogP contribution in [-0.4, -0.2) is 30.5 Å². The molecule has 0 N–H and O–H groups in total. The summed E-state index contributed by atoms with van der Waals surface area (Å²) < 4.78 is 5.65. The lowest BCUT2D eigenvalue weighted by atomic mass is 10.1. The predicted octanol–water partition coefficient (Wildman–Crippen LogP) is 3.56. The molecule has 1 fully saturated rings. The summed E-state index contributed by atoms with van der Waals surface area (Å²) in [7, 11) is 1.92. The molecule has 0 saturated heterocycles. The molecule has 0 spiro atoms. The van der Waals surface area contributed by atoms with Crippen LogP contribution in [0, 0.1) is 6.92 Å². The molecule has 20 heavy (non-hydrogen) atoms. The summed E-state index contributed by atoms with van der Waals surface area (Å²) in [6, 6.07) is 8.21. The van der Waals surface area contributed by atoms with Crippen LogP contribution in [0.15, 0.2) is 24.3 Å². The molecule has 3 nitrogen and oxygen atoms in total. The molecule has 0 aromatic heterocycles. The Morgan fingerprint density at radius 2 is 1.85 bits per heavy atom. The average Bonchev–Trinajstić information content (AvgIpc) is 2.74. The Balaban J connectivity index is 1.86. The van der Waals surface area contributed by atoms with Crippen LogP contribution in [0.3, 0.4) is 0 Å². The Bertz CT molecular complexity index is 436. The molecule has 3 heteroatoms. The third kappa shape index (κ3) is 3.99. The molecule has 0 heterocycles. The first kappa shape index (κ1) is 14.9. The van der Waals surface area contributed by atoms with Crippen molar-refractivity contribution in [2.24, 2.45) is 0 Å². The SMILES string of the molecule is Cc1ccccc1OCC(=O)N(C)C1CCCCCC1. The lowest BCUT2D eigenvalue weighted by Crippen LogP contribution is -2.39. The van der Waals surface area contributed by atoms with E-state index in [0.29, 0.717) is 6.04 Å². The summed E-state index contributed by atoms with van der Waals surface area (Å²) in [4.78, 5) is 14.1. The lowest BCUT2D eigenvalue weighted by Gasteiger charge is -2.27. The molecule has 110 valence electrons. The van der Waals surface area contributed by atoms with Gasteiger partial charge in [-0.3, -0.25) is 4.79 Å². The van der Waals surface area contributed by atoms with E-state index >= 15 is 0 Å². The number of carbonyl (C=O) groups is 1. The number of benzene rings is 1. The first-order valence-electron chi connectivity index (χ1n) is 7.62. The summed E-state index contributed by atoms with van der Waals surface area (Å²) in [5.74, 6) is 0.885. The molecule has 1 amide bonds. The van der Waals surface area contributed by atoms with Gasteiger partial charge in [0.25, 0.3) is 5.91 Å². The van der Waals surface area contributed by atoms with Crippen molar-refractivity contribution in [3.05, 3.63) is 29.8 Å². The molecule has 1 aromatic rings. The first-order valence-corrected chi connectivity index (χ1v) is 7.62. The van der Waals surface area contributed by atoms with Gasteiger partial charge in [-0.05, 0) is 31.4 Å². The Morgan fingerprint density at radius 1 is 1.20 bits per heavy atom. The number of carbonyl (C=O) groups excluding carboxylic acids is 1. The zero-order chi connectivity index (χ0) is 14.4. The lowest BCUT2D eigenvalue weighted by molar-refractivity contribution is -0.134. The highest BCUT2D eigenvalue weighted by atomic mass is 16.5. The highest BCUT2D eigenvalue weighted by Crippen LogP contribution is 2.21. The van der Waals surface area contributed by atoms with Crippen LogP contribution in [0.4, 0.5) is 0 Å². The van der Waals surface area contributed by atoms with E-state index < -0.39 is 0 Å². The van der Waals surface area contributed by atoms with Gasteiger partial charge in [0, 0.05) is 13.1 Å². The van der Waals surface area contributed by atoms with E-state index in [2.05, 4.69) is 0 Å². The second-order valence-electron chi connectivity index (χ2n) is 5.70. The van der Waals surface area contributed by atoms with Crippen LogP contribution in [0.2, 0.25) is 0 Å². The van der Waals surface area contributed by atoms with Crippen LogP contribution in [0.5, 0.6) is 5.75 Å². The fourth-order valence-corrected chi connectivity index (χ4v) is 2.81. The first-order chi connectivity index (χ1) is 9.68. The highest BCUT2D eigenvalue weighted by molar-refractivity contribution is 5.77. The van der Waals surface area contributed by atoms with Gasteiger partial charge < -0.3 is 9.64 Å². The quantitative estimate of drug-likeness (QED) is 0.786. The van der Waals surface area contributed by atoms with Crippen molar-refractivity contribution in [2.45, 2.75) is 51.5 Å². The van der Waals surface area contributed by atoms with Crippen molar-refractivity contribution in [1.82, 2.24) is 4.90 Å². The third-order valence-corrected chi connectivity index (χ3v) is 4.21.